The van der Waals surface area contributed by atoms with Gasteiger partial charge in [-0.3, -0.25) is 0 Å². The zero-order valence-corrected chi connectivity index (χ0v) is 14.3. The van der Waals surface area contributed by atoms with Crippen molar-refractivity contribution in [2.45, 2.75) is 67.2 Å². The largest absolute Gasteiger partial charge is 0.330 e. The molecule has 0 saturated carbocycles. The number of hydrogen-bond acceptors (Lipinski definition) is 2. The highest BCUT2D eigenvalue weighted by atomic mass is 15.1. The molecular weight excluding hydrogens is 232 g/mol. The third-order valence-corrected chi connectivity index (χ3v) is 4.48. The maximum absolute atomic E-state index is 5.76. The van der Waals surface area contributed by atoms with Crippen LogP contribution in [0.4, 0.5) is 0 Å². The molecule has 2 N–H and O–H groups in total. The van der Waals surface area contributed by atoms with Gasteiger partial charge in [0.1, 0.15) is 0 Å². The molecule has 0 aromatic rings. The molecule has 0 aromatic heterocycles. The third kappa shape index (κ3) is 8.65. The lowest BCUT2D eigenvalue weighted by Gasteiger charge is -2.31. The van der Waals surface area contributed by atoms with E-state index in [1.165, 1.54) is 45.3 Å². The molecule has 0 amide bonds. The van der Waals surface area contributed by atoms with Gasteiger partial charge in [0.2, 0.25) is 0 Å². The van der Waals surface area contributed by atoms with E-state index in [0.717, 1.165) is 18.4 Å². The Hall–Kier alpha value is -0.0800. The molecule has 0 bridgehead atoms. The predicted octanol–water partition coefficient (Wildman–Crippen LogP) is 4.15. The van der Waals surface area contributed by atoms with Gasteiger partial charge in [-0.2, -0.15) is 0 Å². The summed E-state index contributed by atoms with van der Waals surface area (Å²) >= 11 is 0. The molecule has 0 rings (SSSR count). The number of rotatable bonds is 10. The fourth-order valence-electron chi connectivity index (χ4n) is 2.72. The van der Waals surface area contributed by atoms with Gasteiger partial charge in [0.25, 0.3) is 0 Å². The molecule has 0 heterocycles. The summed E-state index contributed by atoms with van der Waals surface area (Å²) in [4.78, 5) is 2.61. The molecular formula is C17H38N2. The minimum atomic E-state index is 0.396. The highest BCUT2D eigenvalue weighted by Gasteiger charge is 2.23. The van der Waals surface area contributed by atoms with Crippen LogP contribution in [0.2, 0.25) is 0 Å². The molecule has 0 saturated heterocycles. The molecule has 2 unspecified atom stereocenters. The maximum Gasteiger partial charge on any atom is 0.000680 e. The minimum absolute atomic E-state index is 0.396. The van der Waals surface area contributed by atoms with Gasteiger partial charge in [-0.15, -0.1) is 0 Å². The smallest absolute Gasteiger partial charge is 0.000680 e. The summed E-state index contributed by atoms with van der Waals surface area (Å²) in [6, 6.07) is 0. The van der Waals surface area contributed by atoms with Crippen LogP contribution in [-0.2, 0) is 0 Å². The third-order valence-electron chi connectivity index (χ3n) is 4.48. The van der Waals surface area contributed by atoms with Gasteiger partial charge in [-0.25, -0.2) is 0 Å². The Morgan fingerprint density at radius 3 is 2.16 bits per heavy atom. The lowest BCUT2D eigenvalue weighted by Crippen LogP contribution is -2.30. The first kappa shape index (κ1) is 18.9. The van der Waals surface area contributed by atoms with Crippen LogP contribution < -0.4 is 5.73 Å². The second-order valence-electron chi connectivity index (χ2n) is 7.19. The van der Waals surface area contributed by atoms with E-state index >= 15 is 0 Å². The topological polar surface area (TPSA) is 29.3 Å². The average Bonchev–Trinajstić information content (AvgIpc) is 2.34. The van der Waals surface area contributed by atoms with E-state index in [9.17, 15) is 0 Å². The first-order valence-corrected chi connectivity index (χ1v) is 8.27. The molecule has 0 aliphatic rings. The van der Waals surface area contributed by atoms with E-state index < -0.39 is 0 Å². The van der Waals surface area contributed by atoms with Crippen molar-refractivity contribution in [1.82, 2.24) is 4.90 Å². The fourth-order valence-corrected chi connectivity index (χ4v) is 2.72. The second-order valence-corrected chi connectivity index (χ2v) is 7.19. The van der Waals surface area contributed by atoms with E-state index in [4.69, 9.17) is 5.73 Å². The van der Waals surface area contributed by atoms with Crippen molar-refractivity contribution >= 4 is 0 Å². The predicted molar refractivity (Wildman–Crippen MR) is 87.4 cm³/mol. The standard InChI is InChI=1S/C17H38N2/c1-7-15(3)14-19(8-2)13-9-10-16(11-12-18)17(4,5)6/h15-16H,7-14,18H2,1-6H3. The highest BCUT2D eigenvalue weighted by Crippen LogP contribution is 2.32. The number of nitrogens with zero attached hydrogens (tertiary/aromatic N) is 1. The van der Waals surface area contributed by atoms with E-state index in [2.05, 4.69) is 46.4 Å². The van der Waals surface area contributed by atoms with Gasteiger partial charge >= 0.3 is 0 Å². The Morgan fingerprint density at radius 2 is 1.74 bits per heavy atom. The molecule has 0 radical (unpaired) electrons. The summed E-state index contributed by atoms with van der Waals surface area (Å²) in [5, 5.41) is 0. The van der Waals surface area contributed by atoms with Gasteiger partial charge < -0.3 is 10.6 Å². The Balaban J connectivity index is 4.08. The zero-order valence-electron chi connectivity index (χ0n) is 14.3. The summed E-state index contributed by atoms with van der Waals surface area (Å²) in [5.41, 5.74) is 6.15. The number of hydrogen-bond donors (Lipinski definition) is 1. The molecule has 116 valence electrons. The molecule has 2 atom stereocenters. The quantitative estimate of drug-likeness (QED) is 0.646. The Kier molecular flexibility index (Phi) is 9.72. The lowest BCUT2D eigenvalue weighted by molar-refractivity contribution is 0.188. The minimum Gasteiger partial charge on any atom is -0.330 e. The first-order valence-electron chi connectivity index (χ1n) is 8.27. The van der Waals surface area contributed by atoms with Gasteiger partial charge in [-0.05, 0) is 56.1 Å². The van der Waals surface area contributed by atoms with Gasteiger partial charge in [0, 0.05) is 6.54 Å². The molecule has 2 heteroatoms. The van der Waals surface area contributed by atoms with Gasteiger partial charge in [0.15, 0.2) is 0 Å². The van der Waals surface area contributed by atoms with Crippen LogP contribution in [0.15, 0.2) is 0 Å². The number of nitrogens with two attached hydrogens (primary N) is 1. The molecule has 0 aromatic carbocycles. The van der Waals surface area contributed by atoms with Crippen molar-refractivity contribution < 1.29 is 0 Å². The normalized spacial score (nSPS) is 15.8. The van der Waals surface area contributed by atoms with Gasteiger partial charge in [0.05, 0.1) is 0 Å². The molecule has 0 aliphatic heterocycles. The summed E-state index contributed by atoms with van der Waals surface area (Å²) in [7, 11) is 0. The lowest BCUT2D eigenvalue weighted by atomic mass is 9.76. The highest BCUT2D eigenvalue weighted by molar-refractivity contribution is 4.75. The van der Waals surface area contributed by atoms with Crippen molar-refractivity contribution in [2.24, 2.45) is 23.0 Å². The van der Waals surface area contributed by atoms with Crippen molar-refractivity contribution in [3.05, 3.63) is 0 Å². The van der Waals surface area contributed by atoms with E-state index in [-0.39, 0.29) is 0 Å². The Bertz CT molecular complexity index is 208. The Labute approximate surface area is 122 Å². The summed E-state index contributed by atoms with van der Waals surface area (Å²) in [5.74, 6) is 1.59. The van der Waals surface area contributed by atoms with Crippen molar-refractivity contribution in [3.63, 3.8) is 0 Å². The second kappa shape index (κ2) is 9.77. The maximum atomic E-state index is 5.76. The van der Waals surface area contributed by atoms with Crippen molar-refractivity contribution in [3.8, 4) is 0 Å². The summed E-state index contributed by atoms with van der Waals surface area (Å²) in [6.07, 6.45) is 5.08. The van der Waals surface area contributed by atoms with Crippen LogP contribution in [0.5, 0.6) is 0 Å². The molecule has 2 nitrogen and oxygen atoms in total. The molecule has 0 spiro atoms. The van der Waals surface area contributed by atoms with Crippen LogP contribution in [0.1, 0.15) is 67.2 Å². The fraction of sp³-hybridized carbons (Fsp3) is 1.00. The van der Waals surface area contributed by atoms with Crippen molar-refractivity contribution in [2.75, 3.05) is 26.2 Å². The van der Waals surface area contributed by atoms with Crippen LogP contribution in [-0.4, -0.2) is 31.1 Å². The zero-order chi connectivity index (χ0) is 14.9. The van der Waals surface area contributed by atoms with E-state index in [0.29, 0.717) is 5.41 Å². The molecule has 0 fully saturated rings. The van der Waals surface area contributed by atoms with Crippen LogP contribution in [0, 0.1) is 17.3 Å². The first-order chi connectivity index (χ1) is 8.85. The Morgan fingerprint density at radius 1 is 1.11 bits per heavy atom. The van der Waals surface area contributed by atoms with Crippen LogP contribution in [0.25, 0.3) is 0 Å². The van der Waals surface area contributed by atoms with Gasteiger partial charge in [-0.1, -0.05) is 48.0 Å². The van der Waals surface area contributed by atoms with Crippen LogP contribution >= 0.6 is 0 Å². The van der Waals surface area contributed by atoms with Crippen molar-refractivity contribution in [1.29, 1.82) is 0 Å². The molecule has 0 aliphatic carbocycles. The van der Waals surface area contributed by atoms with E-state index in [1.54, 1.807) is 0 Å². The average molecular weight is 271 g/mol. The SMILES string of the molecule is CCC(C)CN(CC)CCCC(CCN)C(C)(C)C. The summed E-state index contributed by atoms with van der Waals surface area (Å²) in [6.45, 7) is 18.5. The molecule has 19 heavy (non-hydrogen) atoms. The monoisotopic (exact) mass is 270 g/mol. The summed E-state index contributed by atoms with van der Waals surface area (Å²) < 4.78 is 0. The van der Waals surface area contributed by atoms with E-state index in [1.807, 2.05) is 0 Å². The van der Waals surface area contributed by atoms with Crippen LogP contribution in [0.3, 0.4) is 0 Å².